The Balaban J connectivity index is 4.45. The molecule has 1 amide bonds. The summed E-state index contributed by atoms with van der Waals surface area (Å²) in [5.74, 6) is 0.848. The van der Waals surface area contributed by atoms with Crippen LogP contribution in [-0.4, -0.2) is 43.7 Å². The molecule has 0 saturated carbocycles. The predicted octanol–water partition coefficient (Wildman–Crippen LogP) is 2.81. The molecule has 0 aliphatic heterocycles. The minimum atomic E-state index is 0.270. The summed E-state index contributed by atoms with van der Waals surface area (Å²) in [4.78, 5) is 14.5. The Morgan fingerprint density at radius 1 is 1.15 bits per heavy atom. The number of hydrogen-bond acceptors (Lipinski definition) is 3. The number of hydrogen-bond donors (Lipinski definition) is 1. The Morgan fingerprint density at radius 3 is 2.25 bits per heavy atom. The summed E-state index contributed by atoms with van der Waals surface area (Å²) >= 11 is 0. The lowest BCUT2D eigenvalue weighted by atomic mass is 9.96. The van der Waals surface area contributed by atoms with Crippen molar-refractivity contribution in [1.82, 2.24) is 4.90 Å². The lowest BCUT2D eigenvalue weighted by Crippen LogP contribution is -2.41. The molecule has 0 aromatic heterocycles. The van der Waals surface area contributed by atoms with Gasteiger partial charge < -0.3 is 15.4 Å². The topological polar surface area (TPSA) is 55.6 Å². The zero-order valence-corrected chi connectivity index (χ0v) is 13.9. The summed E-state index contributed by atoms with van der Waals surface area (Å²) in [7, 11) is 1.68. The van der Waals surface area contributed by atoms with Gasteiger partial charge in [0.15, 0.2) is 0 Å². The minimum Gasteiger partial charge on any atom is -0.383 e. The van der Waals surface area contributed by atoms with Crippen molar-refractivity contribution in [3.63, 3.8) is 0 Å². The molecule has 0 saturated heterocycles. The van der Waals surface area contributed by atoms with E-state index in [0.29, 0.717) is 38.1 Å². The molecule has 0 rings (SSSR count). The maximum absolute atomic E-state index is 12.5. The predicted molar refractivity (Wildman–Crippen MR) is 84.6 cm³/mol. The first-order chi connectivity index (χ1) is 9.64. The summed E-state index contributed by atoms with van der Waals surface area (Å²) in [5.41, 5.74) is 5.62. The van der Waals surface area contributed by atoms with E-state index in [1.54, 1.807) is 7.11 Å². The molecule has 4 nitrogen and oxygen atoms in total. The van der Waals surface area contributed by atoms with E-state index in [2.05, 4.69) is 20.8 Å². The Hall–Kier alpha value is -0.610. The first-order valence-corrected chi connectivity index (χ1v) is 8.12. The average Bonchev–Trinajstić information content (AvgIpc) is 2.47. The Labute approximate surface area is 125 Å². The maximum atomic E-state index is 12.5. The average molecular weight is 286 g/mol. The van der Waals surface area contributed by atoms with Gasteiger partial charge in [0.05, 0.1) is 6.61 Å². The monoisotopic (exact) mass is 286 g/mol. The number of nitrogens with zero attached hydrogens (tertiary/aromatic N) is 1. The Morgan fingerprint density at radius 2 is 1.80 bits per heavy atom. The number of methoxy groups -OCH3 is 1. The second-order valence-electron chi connectivity index (χ2n) is 5.44. The van der Waals surface area contributed by atoms with Gasteiger partial charge in [-0.05, 0) is 38.1 Å². The van der Waals surface area contributed by atoms with E-state index in [9.17, 15) is 4.79 Å². The van der Waals surface area contributed by atoms with Gasteiger partial charge in [-0.1, -0.05) is 27.2 Å². The standard InChI is InChI=1S/C16H34N2O2/c1-5-14(10-11-17)8-9-16(19)18(12-13-20-4)15(6-2)7-3/h14-15H,5-13,17H2,1-4H3. The molecule has 0 aromatic carbocycles. The van der Waals surface area contributed by atoms with E-state index < -0.39 is 0 Å². The highest BCUT2D eigenvalue weighted by Crippen LogP contribution is 2.17. The van der Waals surface area contributed by atoms with Crippen LogP contribution in [-0.2, 0) is 9.53 Å². The van der Waals surface area contributed by atoms with Crippen LogP contribution < -0.4 is 5.73 Å². The number of carbonyl (C=O) groups is 1. The van der Waals surface area contributed by atoms with Crippen molar-refractivity contribution in [1.29, 1.82) is 0 Å². The number of amides is 1. The second kappa shape index (κ2) is 12.2. The number of carbonyl (C=O) groups excluding carboxylic acids is 1. The van der Waals surface area contributed by atoms with Crippen LogP contribution >= 0.6 is 0 Å². The van der Waals surface area contributed by atoms with Crippen molar-refractivity contribution in [3.8, 4) is 0 Å². The third-order valence-electron chi connectivity index (χ3n) is 4.16. The molecule has 0 radical (unpaired) electrons. The normalized spacial score (nSPS) is 12.7. The molecule has 20 heavy (non-hydrogen) atoms. The smallest absolute Gasteiger partial charge is 0.222 e. The molecule has 1 atom stereocenters. The van der Waals surface area contributed by atoms with Crippen molar-refractivity contribution < 1.29 is 9.53 Å². The molecule has 0 fully saturated rings. The number of ether oxygens (including phenoxy) is 1. The van der Waals surface area contributed by atoms with Gasteiger partial charge in [-0.25, -0.2) is 0 Å². The molecule has 1 unspecified atom stereocenters. The van der Waals surface area contributed by atoms with Crippen LogP contribution in [0.4, 0.5) is 0 Å². The molecular weight excluding hydrogens is 252 g/mol. The van der Waals surface area contributed by atoms with E-state index in [4.69, 9.17) is 10.5 Å². The summed E-state index contributed by atoms with van der Waals surface area (Å²) in [6.07, 6.45) is 5.73. The molecule has 0 bridgehead atoms. The summed E-state index contributed by atoms with van der Waals surface area (Å²) < 4.78 is 5.14. The molecule has 4 heteroatoms. The summed E-state index contributed by atoms with van der Waals surface area (Å²) in [5, 5.41) is 0. The Kier molecular flexibility index (Phi) is 11.8. The first-order valence-electron chi connectivity index (χ1n) is 8.12. The van der Waals surface area contributed by atoms with Crippen molar-refractivity contribution in [2.45, 2.75) is 65.3 Å². The van der Waals surface area contributed by atoms with Crippen LogP contribution in [0, 0.1) is 5.92 Å². The van der Waals surface area contributed by atoms with Crippen molar-refractivity contribution in [2.24, 2.45) is 11.7 Å². The second-order valence-corrected chi connectivity index (χ2v) is 5.44. The largest absolute Gasteiger partial charge is 0.383 e. The number of rotatable bonds is 12. The highest BCUT2D eigenvalue weighted by atomic mass is 16.5. The van der Waals surface area contributed by atoms with Crippen molar-refractivity contribution >= 4 is 5.91 Å². The maximum Gasteiger partial charge on any atom is 0.222 e. The quantitative estimate of drug-likeness (QED) is 0.600. The van der Waals surface area contributed by atoms with Gasteiger partial charge in [0.2, 0.25) is 5.91 Å². The fraction of sp³-hybridized carbons (Fsp3) is 0.938. The van der Waals surface area contributed by atoms with E-state index in [-0.39, 0.29) is 5.91 Å². The molecular formula is C16H34N2O2. The number of nitrogens with two attached hydrogens (primary N) is 1. The third kappa shape index (κ3) is 7.25. The zero-order valence-electron chi connectivity index (χ0n) is 13.9. The first kappa shape index (κ1) is 19.4. The summed E-state index contributed by atoms with van der Waals surface area (Å²) in [6, 6.07) is 0.340. The van der Waals surface area contributed by atoms with Gasteiger partial charge in [-0.15, -0.1) is 0 Å². The van der Waals surface area contributed by atoms with Gasteiger partial charge in [0, 0.05) is 26.1 Å². The molecule has 0 heterocycles. The van der Waals surface area contributed by atoms with E-state index in [1.807, 2.05) is 4.90 Å². The molecule has 0 spiro atoms. The van der Waals surface area contributed by atoms with Crippen LogP contribution in [0.1, 0.15) is 59.3 Å². The van der Waals surface area contributed by atoms with Crippen LogP contribution in [0.15, 0.2) is 0 Å². The van der Waals surface area contributed by atoms with E-state index in [1.165, 1.54) is 0 Å². The molecule has 2 N–H and O–H groups in total. The van der Waals surface area contributed by atoms with Gasteiger partial charge in [-0.2, -0.15) is 0 Å². The lowest BCUT2D eigenvalue weighted by molar-refractivity contribution is -0.134. The summed E-state index contributed by atoms with van der Waals surface area (Å²) in [6.45, 7) is 8.49. The zero-order chi connectivity index (χ0) is 15.4. The van der Waals surface area contributed by atoms with Crippen LogP contribution in [0.2, 0.25) is 0 Å². The fourth-order valence-electron chi connectivity index (χ4n) is 2.69. The molecule has 0 aliphatic rings. The van der Waals surface area contributed by atoms with Crippen LogP contribution in [0.25, 0.3) is 0 Å². The third-order valence-corrected chi connectivity index (χ3v) is 4.16. The molecule has 120 valence electrons. The highest BCUT2D eigenvalue weighted by Gasteiger charge is 2.21. The molecule has 0 aliphatic carbocycles. The van der Waals surface area contributed by atoms with E-state index in [0.717, 1.165) is 32.1 Å². The van der Waals surface area contributed by atoms with Crippen molar-refractivity contribution in [2.75, 3.05) is 26.8 Å². The van der Waals surface area contributed by atoms with Crippen molar-refractivity contribution in [3.05, 3.63) is 0 Å². The van der Waals surface area contributed by atoms with Crippen LogP contribution in [0.3, 0.4) is 0 Å². The van der Waals surface area contributed by atoms with E-state index >= 15 is 0 Å². The van der Waals surface area contributed by atoms with Gasteiger partial charge in [0.1, 0.15) is 0 Å². The van der Waals surface area contributed by atoms with Crippen LogP contribution in [0.5, 0.6) is 0 Å². The minimum absolute atomic E-state index is 0.270. The SMILES string of the molecule is CCC(CCN)CCC(=O)N(CCOC)C(CC)CC. The van der Waals surface area contributed by atoms with Gasteiger partial charge in [-0.3, -0.25) is 4.79 Å². The lowest BCUT2D eigenvalue weighted by Gasteiger charge is -2.31. The Bertz CT molecular complexity index is 243. The van der Waals surface area contributed by atoms with Gasteiger partial charge in [0.25, 0.3) is 0 Å². The highest BCUT2D eigenvalue weighted by molar-refractivity contribution is 5.76. The fourth-order valence-corrected chi connectivity index (χ4v) is 2.69. The van der Waals surface area contributed by atoms with Gasteiger partial charge >= 0.3 is 0 Å². The molecule has 0 aromatic rings.